The number of ether oxygens (including phenoxy) is 2. The SMILES string of the molecule is C#C/C=C\[C@H](O)[C@H]1COC(C)(C)O1. The Hall–Kier alpha value is -0.820. The molecule has 1 N–H and O–H groups in total. The summed E-state index contributed by atoms with van der Waals surface area (Å²) in [5, 5.41) is 9.52. The first kappa shape index (κ1) is 10.3. The van der Waals surface area contributed by atoms with E-state index in [1.807, 2.05) is 13.8 Å². The highest BCUT2D eigenvalue weighted by atomic mass is 16.7. The van der Waals surface area contributed by atoms with Crippen LogP contribution in [0.1, 0.15) is 13.8 Å². The summed E-state index contributed by atoms with van der Waals surface area (Å²) in [6.45, 7) is 4.01. The maximum Gasteiger partial charge on any atom is 0.163 e. The molecule has 3 heteroatoms. The van der Waals surface area contributed by atoms with Crippen LogP contribution in [0.25, 0.3) is 0 Å². The summed E-state index contributed by atoms with van der Waals surface area (Å²) in [6, 6.07) is 0. The van der Waals surface area contributed by atoms with Crippen LogP contribution in [0.2, 0.25) is 0 Å². The molecule has 1 rings (SSSR count). The van der Waals surface area contributed by atoms with Gasteiger partial charge in [0.15, 0.2) is 5.79 Å². The number of aliphatic hydroxyl groups is 1. The van der Waals surface area contributed by atoms with Crippen molar-refractivity contribution in [3.63, 3.8) is 0 Å². The highest BCUT2D eigenvalue weighted by Gasteiger charge is 2.35. The lowest BCUT2D eigenvalue weighted by molar-refractivity contribution is -0.147. The van der Waals surface area contributed by atoms with Crippen LogP contribution in [-0.2, 0) is 9.47 Å². The second-order valence-corrected chi connectivity index (χ2v) is 3.38. The van der Waals surface area contributed by atoms with Crippen LogP contribution >= 0.6 is 0 Å². The summed E-state index contributed by atoms with van der Waals surface area (Å²) in [7, 11) is 0. The maximum atomic E-state index is 9.52. The maximum absolute atomic E-state index is 9.52. The van der Waals surface area contributed by atoms with E-state index in [0.29, 0.717) is 6.61 Å². The fraction of sp³-hybridized carbons (Fsp3) is 0.600. The van der Waals surface area contributed by atoms with Crippen molar-refractivity contribution in [2.75, 3.05) is 6.61 Å². The van der Waals surface area contributed by atoms with Gasteiger partial charge < -0.3 is 14.6 Å². The summed E-state index contributed by atoms with van der Waals surface area (Å²) < 4.78 is 10.7. The van der Waals surface area contributed by atoms with Gasteiger partial charge in [-0.05, 0) is 26.0 Å². The molecule has 0 aromatic rings. The second kappa shape index (κ2) is 3.93. The van der Waals surface area contributed by atoms with E-state index in [0.717, 1.165) is 0 Å². The van der Waals surface area contributed by atoms with Crippen molar-refractivity contribution in [3.8, 4) is 12.3 Å². The number of terminal acetylenes is 1. The van der Waals surface area contributed by atoms with E-state index >= 15 is 0 Å². The molecule has 0 spiro atoms. The minimum Gasteiger partial charge on any atom is -0.386 e. The van der Waals surface area contributed by atoms with Gasteiger partial charge in [-0.25, -0.2) is 0 Å². The third-order valence-electron chi connectivity index (χ3n) is 1.80. The predicted octanol–water partition coefficient (Wildman–Crippen LogP) is 0.688. The smallest absolute Gasteiger partial charge is 0.163 e. The lowest BCUT2D eigenvalue weighted by atomic mass is 10.2. The summed E-state index contributed by atoms with van der Waals surface area (Å²) in [5.41, 5.74) is 0. The predicted molar refractivity (Wildman–Crippen MR) is 48.9 cm³/mol. The molecule has 0 bridgehead atoms. The molecule has 0 aromatic heterocycles. The molecule has 0 amide bonds. The van der Waals surface area contributed by atoms with Gasteiger partial charge in [0.25, 0.3) is 0 Å². The molecule has 1 saturated heterocycles. The van der Waals surface area contributed by atoms with Gasteiger partial charge in [-0.2, -0.15) is 0 Å². The minimum atomic E-state index is -0.696. The monoisotopic (exact) mass is 182 g/mol. The summed E-state index contributed by atoms with van der Waals surface area (Å²) in [4.78, 5) is 0. The highest BCUT2D eigenvalue weighted by molar-refractivity contribution is 5.11. The first-order valence-electron chi connectivity index (χ1n) is 4.18. The Labute approximate surface area is 78.3 Å². The Morgan fingerprint density at radius 2 is 2.38 bits per heavy atom. The van der Waals surface area contributed by atoms with Crippen molar-refractivity contribution in [3.05, 3.63) is 12.2 Å². The lowest BCUT2D eigenvalue weighted by Crippen LogP contribution is -2.29. The van der Waals surface area contributed by atoms with Crippen LogP contribution in [0.5, 0.6) is 0 Å². The van der Waals surface area contributed by atoms with E-state index in [-0.39, 0.29) is 6.10 Å². The van der Waals surface area contributed by atoms with Gasteiger partial charge in [0.05, 0.1) is 6.61 Å². The average molecular weight is 182 g/mol. The van der Waals surface area contributed by atoms with Gasteiger partial charge in [-0.1, -0.05) is 5.92 Å². The van der Waals surface area contributed by atoms with E-state index < -0.39 is 11.9 Å². The van der Waals surface area contributed by atoms with Crippen molar-refractivity contribution >= 4 is 0 Å². The Morgan fingerprint density at radius 1 is 1.69 bits per heavy atom. The summed E-state index contributed by atoms with van der Waals surface area (Å²) in [6.07, 6.45) is 6.97. The molecule has 0 saturated carbocycles. The molecule has 13 heavy (non-hydrogen) atoms. The second-order valence-electron chi connectivity index (χ2n) is 3.38. The number of hydrogen-bond acceptors (Lipinski definition) is 3. The first-order valence-corrected chi connectivity index (χ1v) is 4.18. The van der Waals surface area contributed by atoms with Crippen LogP contribution < -0.4 is 0 Å². The Morgan fingerprint density at radius 3 is 2.85 bits per heavy atom. The Balaban J connectivity index is 2.47. The third-order valence-corrected chi connectivity index (χ3v) is 1.80. The van der Waals surface area contributed by atoms with Gasteiger partial charge in [-0.3, -0.25) is 0 Å². The summed E-state index contributed by atoms with van der Waals surface area (Å²) >= 11 is 0. The van der Waals surface area contributed by atoms with E-state index in [1.165, 1.54) is 12.2 Å². The van der Waals surface area contributed by atoms with E-state index in [9.17, 15) is 5.11 Å². The van der Waals surface area contributed by atoms with E-state index in [4.69, 9.17) is 15.9 Å². The molecular weight excluding hydrogens is 168 g/mol. The topological polar surface area (TPSA) is 38.7 Å². The van der Waals surface area contributed by atoms with E-state index in [1.54, 1.807) is 0 Å². The number of rotatable bonds is 2. The van der Waals surface area contributed by atoms with Crippen LogP contribution in [0.3, 0.4) is 0 Å². The molecule has 0 radical (unpaired) electrons. The zero-order chi connectivity index (χ0) is 9.90. The molecular formula is C10H14O3. The molecule has 3 nitrogen and oxygen atoms in total. The minimum absolute atomic E-state index is 0.320. The normalized spacial score (nSPS) is 28.9. The molecule has 1 aliphatic heterocycles. The van der Waals surface area contributed by atoms with Crippen LogP contribution in [0.15, 0.2) is 12.2 Å². The third kappa shape index (κ3) is 2.85. The van der Waals surface area contributed by atoms with Gasteiger partial charge in [0, 0.05) is 0 Å². The molecule has 0 aromatic carbocycles. The van der Waals surface area contributed by atoms with Crippen molar-refractivity contribution in [1.29, 1.82) is 0 Å². The largest absolute Gasteiger partial charge is 0.386 e. The van der Waals surface area contributed by atoms with E-state index in [2.05, 4.69) is 5.92 Å². The van der Waals surface area contributed by atoms with Crippen LogP contribution in [-0.4, -0.2) is 29.7 Å². The highest BCUT2D eigenvalue weighted by Crippen LogP contribution is 2.24. The Kier molecular flexibility index (Phi) is 3.10. The fourth-order valence-corrected chi connectivity index (χ4v) is 1.16. The van der Waals surface area contributed by atoms with Crippen molar-refractivity contribution in [1.82, 2.24) is 0 Å². The van der Waals surface area contributed by atoms with Gasteiger partial charge >= 0.3 is 0 Å². The van der Waals surface area contributed by atoms with Crippen molar-refractivity contribution < 1.29 is 14.6 Å². The molecule has 72 valence electrons. The standard InChI is InChI=1S/C10H14O3/c1-4-5-6-8(11)9-7-12-10(2,3)13-9/h1,5-6,8-9,11H,7H2,2-3H3/b6-5-/t8-,9+/m0/s1. The Bertz CT molecular complexity index is 237. The molecule has 0 unspecified atom stereocenters. The quantitative estimate of drug-likeness (QED) is 0.638. The van der Waals surface area contributed by atoms with Crippen molar-refractivity contribution in [2.24, 2.45) is 0 Å². The van der Waals surface area contributed by atoms with Crippen LogP contribution in [0.4, 0.5) is 0 Å². The molecule has 1 fully saturated rings. The van der Waals surface area contributed by atoms with Gasteiger partial charge in [0.1, 0.15) is 12.2 Å². The first-order chi connectivity index (χ1) is 6.05. The molecule has 0 aliphatic carbocycles. The van der Waals surface area contributed by atoms with Gasteiger partial charge in [-0.15, -0.1) is 6.42 Å². The molecule has 1 heterocycles. The zero-order valence-electron chi connectivity index (χ0n) is 7.86. The average Bonchev–Trinajstić information content (AvgIpc) is 2.42. The zero-order valence-corrected chi connectivity index (χ0v) is 7.86. The number of aliphatic hydroxyl groups excluding tert-OH is 1. The lowest BCUT2D eigenvalue weighted by Gasteiger charge is -2.18. The molecule has 2 atom stereocenters. The number of allylic oxidation sites excluding steroid dienone is 1. The molecule has 1 aliphatic rings. The fourth-order valence-electron chi connectivity index (χ4n) is 1.16. The van der Waals surface area contributed by atoms with Gasteiger partial charge in [0.2, 0.25) is 0 Å². The summed E-state index contributed by atoms with van der Waals surface area (Å²) in [5.74, 6) is 1.70. The van der Waals surface area contributed by atoms with Crippen LogP contribution in [0, 0.1) is 12.3 Å². The number of hydrogen-bond donors (Lipinski definition) is 1. The van der Waals surface area contributed by atoms with Crippen molar-refractivity contribution in [2.45, 2.75) is 31.8 Å².